The molecule has 0 rings (SSSR count). The highest BCUT2D eigenvalue weighted by Gasteiger charge is 2.17. The fourth-order valence-electron chi connectivity index (χ4n) is 1.19. The summed E-state index contributed by atoms with van der Waals surface area (Å²) in [5.41, 5.74) is 0. The van der Waals surface area contributed by atoms with Gasteiger partial charge in [0.25, 0.3) is 10.2 Å². The monoisotopic (exact) mass is 266 g/mol. The van der Waals surface area contributed by atoms with Crippen LogP contribution in [0.15, 0.2) is 0 Å². The number of rotatable bonds is 9. The molecule has 0 aliphatic rings. The van der Waals surface area contributed by atoms with Crippen LogP contribution in [0.5, 0.6) is 0 Å². The van der Waals surface area contributed by atoms with Gasteiger partial charge in [0.1, 0.15) is 0 Å². The molecule has 0 aromatic carbocycles. The maximum atomic E-state index is 11.6. The first-order valence-corrected chi connectivity index (χ1v) is 7.12. The van der Waals surface area contributed by atoms with Crippen molar-refractivity contribution >= 4 is 16.2 Å². The van der Waals surface area contributed by atoms with Crippen molar-refractivity contribution in [1.29, 1.82) is 0 Å². The van der Waals surface area contributed by atoms with E-state index in [1.165, 1.54) is 7.05 Å². The number of nitrogens with one attached hydrogen (secondary N) is 1. The molecule has 0 aliphatic carbocycles. The van der Waals surface area contributed by atoms with Crippen LogP contribution in [-0.2, 0) is 15.0 Å². The molecule has 0 saturated heterocycles. The van der Waals surface area contributed by atoms with E-state index in [1.54, 1.807) is 0 Å². The Morgan fingerprint density at radius 2 is 2.00 bits per heavy atom. The lowest BCUT2D eigenvalue weighted by molar-refractivity contribution is -0.137. The average molecular weight is 266 g/mol. The predicted molar refractivity (Wildman–Crippen MR) is 65.9 cm³/mol. The third-order valence-electron chi connectivity index (χ3n) is 2.29. The minimum atomic E-state index is -3.53. The number of nitrogens with zero attached hydrogens (tertiary/aromatic N) is 1. The van der Waals surface area contributed by atoms with E-state index in [0.717, 1.165) is 17.1 Å². The molecule has 0 fully saturated rings. The number of carboxylic acid groups (broad SMARTS) is 1. The van der Waals surface area contributed by atoms with Crippen molar-refractivity contribution in [2.75, 3.05) is 20.1 Å². The van der Waals surface area contributed by atoms with E-state index in [0.29, 0.717) is 12.5 Å². The SMILES string of the molecule is CC(C)CCCNS(=O)(=O)N(C)CCC(=O)O. The van der Waals surface area contributed by atoms with Gasteiger partial charge in [0.15, 0.2) is 0 Å². The lowest BCUT2D eigenvalue weighted by Crippen LogP contribution is -2.39. The van der Waals surface area contributed by atoms with E-state index < -0.39 is 16.2 Å². The summed E-state index contributed by atoms with van der Waals surface area (Å²) >= 11 is 0. The maximum absolute atomic E-state index is 11.6. The van der Waals surface area contributed by atoms with Crippen LogP contribution in [0.25, 0.3) is 0 Å². The van der Waals surface area contributed by atoms with E-state index in [2.05, 4.69) is 18.6 Å². The first-order chi connectivity index (χ1) is 7.75. The summed E-state index contributed by atoms with van der Waals surface area (Å²) in [5.74, 6) is -0.462. The molecule has 0 bridgehead atoms. The Morgan fingerprint density at radius 3 is 2.47 bits per heavy atom. The maximum Gasteiger partial charge on any atom is 0.304 e. The van der Waals surface area contributed by atoms with Gasteiger partial charge < -0.3 is 5.11 Å². The zero-order chi connectivity index (χ0) is 13.5. The fourth-order valence-corrected chi connectivity index (χ4v) is 2.15. The van der Waals surface area contributed by atoms with Crippen molar-refractivity contribution in [2.24, 2.45) is 5.92 Å². The van der Waals surface area contributed by atoms with E-state index in [9.17, 15) is 13.2 Å². The molecule has 0 atom stereocenters. The van der Waals surface area contributed by atoms with Crippen molar-refractivity contribution in [3.8, 4) is 0 Å². The van der Waals surface area contributed by atoms with Gasteiger partial charge in [-0.3, -0.25) is 4.79 Å². The lowest BCUT2D eigenvalue weighted by Gasteiger charge is -2.16. The molecule has 7 heteroatoms. The van der Waals surface area contributed by atoms with Gasteiger partial charge in [0.2, 0.25) is 0 Å². The quantitative estimate of drug-likeness (QED) is 0.600. The smallest absolute Gasteiger partial charge is 0.304 e. The largest absolute Gasteiger partial charge is 0.481 e. The van der Waals surface area contributed by atoms with Crippen molar-refractivity contribution in [1.82, 2.24) is 9.03 Å². The summed E-state index contributed by atoms with van der Waals surface area (Å²) in [4.78, 5) is 10.3. The second-order valence-electron chi connectivity index (χ2n) is 4.40. The summed E-state index contributed by atoms with van der Waals surface area (Å²) in [6.07, 6.45) is 1.55. The number of hydrogen-bond donors (Lipinski definition) is 2. The zero-order valence-corrected chi connectivity index (χ0v) is 11.5. The Bertz CT molecular complexity index is 327. The molecule has 0 aliphatic heterocycles. The molecule has 0 radical (unpaired) electrons. The molecule has 0 heterocycles. The Kier molecular flexibility index (Phi) is 7.33. The normalized spacial score (nSPS) is 12.3. The van der Waals surface area contributed by atoms with E-state index >= 15 is 0 Å². The first-order valence-electron chi connectivity index (χ1n) is 5.68. The molecule has 0 unspecified atom stereocenters. The Morgan fingerprint density at radius 1 is 1.41 bits per heavy atom. The second-order valence-corrected chi connectivity index (χ2v) is 6.26. The molecular formula is C10H22N2O4S. The molecule has 0 spiro atoms. The fraction of sp³-hybridized carbons (Fsp3) is 0.900. The first kappa shape index (κ1) is 16.3. The molecule has 0 saturated carbocycles. The van der Waals surface area contributed by atoms with Crippen molar-refractivity contribution < 1.29 is 18.3 Å². The highest BCUT2D eigenvalue weighted by atomic mass is 32.2. The van der Waals surface area contributed by atoms with E-state index in [-0.39, 0.29) is 13.0 Å². The minimum absolute atomic E-state index is 0.0190. The van der Waals surface area contributed by atoms with Gasteiger partial charge in [-0.05, 0) is 18.8 Å². The Labute approximate surface area is 103 Å². The summed E-state index contributed by atoms with van der Waals surface area (Å²) in [5, 5.41) is 8.46. The predicted octanol–water partition coefficient (Wildman–Crippen LogP) is 0.664. The number of hydrogen-bond acceptors (Lipinski definition) is 3. The number of carboxylic acids is 1. The van der Waals surface area contributed by atoms with Crippen molar-refractivity contribution in [3.05, 3.63) is 0 Å². The number of aliphatic carboxylic acids is 1. The lowest BCUT2D eigenvalue weighted by atomic mass is 10.1. The summed E-state index contributed by atoms with van der Waals surface area (Å²) in [7, 11) is -2.17. The zero-order valence-electron chi connectivity index (χ0n) is 10.6. The molecule has 0 aromatic heterocycles. The third-order valence-corrected chi connectivity index (χ3v) is 3.87. The van der Waals surface area contributed by atoms with Crippen molar-refractivity contribution in [2.45, 2.75) is 33.1 Å². The van der Waals surface area contributed by atoms with Crippen LogP contribution >= 0.6 is 0 Å². The highest BCUT2D eigenvalue weighted by molar-refractivity contribution is 7.87. The van der Waals surface area contributed by atoms with Crippen LogP contribution in [0.3, 0.4) is 0 Å². The molecule has 0 aromatic rings. The van der Waals surface area contributed by atoms with Crippen LogP contribution in [-0.4, -0.2) is 43.9 Å². The summed E-state index contributed by atoms with van der Waals surface area (Å²) < 4.78 is 26.7. The molecule has 17 heavy (non-hydrogen) atoms. The summed E-state index contributed by atoms with van der Waals surface area (Å²) in [6, 6.07) is 0. The molecular weight excluding hydrogens is 244 g/mol. The van der Waals surface area contributed by atoms with Gasteiger partial charge in [-0.15, -0.1) is 0 Å². The molecule has 0 amide bonds. The summed E-state index contributed by atoms with van der Waals surface area (Å²) in [6.45, 7) is 4.52. The third kappa shape index (κ3) is 8.12. The topological polar surface area (TPSA) is 86.7 Å². The van der Waals surface area contributed by atoms with Crippen molar-refractivity contribution in [3.63, 3.8) is 0 Å². The van der Waals surface area contributed by atoms with Crippen LogP contribution in [0.4, 0.5) is 0 Å². The van der Waals surface area contributed by atoms with Gasteiger partial charge in [0.05, 0.1) is 6.42 Å². The van der Waals surface area contributed by atoms with Gasteiger partial charge in [-0.25, -0.2) is 4.72 Å². The minimum Gasteiger partial charge on any atom is -0.481 e. The van der Waals surface area contributed by atoms with Gasteiger partial charge in [-0.2, -0.15) is 12.7 Å². The van der Waals surface area contributed by atoms with Crippen LogP contribution < -0.4 is 4.72 Å². The van der Waals surface area contributed by atoms with Gasteiger partial charge >= 0.3 is 5.97 Å². The van der Waals surface area contributed by atoms with Crippen LogP contribution in [0.1, 0.15) is 33.1 Å². The van der Waals surface area contributed by atoms with E-state index in [4.69, 9.17) is 5.11 Å². The number of carbonyl (C=O) groups is 1. The second kappa shape index (κ2) is 7.62. The molecule has 102 valence electrons. The van der Waals surface area contributed by atoms with Crippen LogP contribution in [0.2, 0.25) is 0 Å². The van der Waals surface area contributed by atoms with Crippen LogP contribution in [0, 0.1) is 5.92 Å². The van der Waals surface area contributed by atoms with Gasteiger partial charge in [0, 0.05) is 20.1 Å². The molecule has 2 N–H and O–H groups in total. The average Bonchev–Trinajstić information content (AvgIpc) is 2.20. The van der Waals surface area contributed by atoms with E-state index in [1.807, 2.05) is 0 Å². The highest BCUT2D eigenvalue weighted by Crippen LogP contribution is 2.03. The Hall–Kier alpha value is -0.660. The Balaban J connectivity index is 3.97. The standard InChI is InChI=1S/C10H22N2O4S/c1-9(2)5-4-7-11-17(15,16)12(3)8-6-10(13)14/h9,11H,4-8H2,1-3H3,(H,13,14). The molecule has 6 nitrogen and oxygen atoms in total. The van der Waals surface area contributed by atoms with Gasteiger partial charge in [-0.1, -0.05) is 13.8 Å².